The second-order valence-corrected chi connectivity index (χ2v) is 10.7. The number of carboxylic acid groups (broad SMARTS) is 1. The van der Waals surface area contributed by atoms with Gasteiger partial charge in [-0.25, -0.2) is 19.7 Å². The smallest absolute Gasteiger partial charge is 0.321 e. The Morgan fingerprint density at radius 3 is 2.44 bits per heavy atom. The molecule has 1 saturated heterocycles. The Balaban J connectivity index is 1.47. The van der Waals surface area contributed by atoms with E-state index in [0.717, 1.165) is 39.0 Å². The SMILES string of the molecule is CCCC1(C(=O)O)CCN(c2ncc(-c3cc(-c4ccccn4)c4sc(N(CC)C(N)=O)nc4c3)cn2)CC1. The maximum Gasteiger partial charge on any atom is 0.321 e. The highest BCUT2D eigenvalue weighted by Crippen LogP contribution is 2.40. The van der Waals surface area contributed by atoms with Crippen molar-refractivity contribution < 1.29 is 14.7 Å². The monoisotopic (exact) mass is 545 g/mol. The van der Waals surface area contributed by atoms with Crippen LogP contribution in [0.4, 0.5) is 15.9 Å². The van der Waals surface area contributed by atoms with Crippen molar-refractivity contribution in [3.8, 4) is 22.4 Å². The molecule has 3 aromatic heterocycles. The molecule has 3 N–H and O–H groups in total. The van der Waals surface area contributed by atoms with Crippen LogP contribution in [-0.2, 0) is 4.79 Å². The van der Waals surface area contributed by atoms with Crippen molar-refractivity contribution in [1.82, 2.24) is 19.9 Å². The van der Waals surface area contributed by atoms with Crippen molar-refractivity contribution in [2.45, 2.75) is 39.5 Å². The van der Waals surface area contributed by atoms with E-state index in [2.05, 4.69) is 19.9 Å². The molecule has 202 valence electrons. The van der Waals surface area contributed by atoms with Crippen molar-refractivity contribution >= 4 is 44.6 Å². The Kier molecular flexibility index (Phi) is 7.42. The minimum Gasteiger partial charge on any atom is -0.481 e. The summed E-state index contributed by atoms with van der Waals surface area (Å²) in [5.74, 6) is -0.112. The maximum atomic E-state index is 12.0. The predicted octanol–water partition coefficient (Wildman–Crippen LogP) is 5.19. The van der Waals surface area contributed by atoms with Gasteiger partial charge in [0, 0.05) is 49.4 Å². The van der Waals surface area contributed by atoms with E-state index in [1.54, 1.807) is 18.6 Å². The third-order valence-electron chi connectivity index (χ3n) is 7.39. The van der Waals surface area contributed by atoms with Crippen LogP contribution < -0.4 is 15.5 Å². The van der Waals surface area contributed by atoms with Crippen LogP contribution in [0, 0.1) is 5.41 Å². The van der Waals surface area contributed by atoms with Crippen LogP contribution >= 0.6 is 11.3 Å². The molecule has 0 radical (unpaired) electrons. The molecule has 1 aromatic carbocycles. The van der Waals surface area contributed by atoms with Gasteiger partial charge in [0.05, 0.1) is 21.3 Å². The lowest BCUT2D eigenvalue weighted by Crippen LogP contribution is -2.45. The van der Waals surface area contributed by atoms with Gasteiger partial charge in [0.2, 0.25) is 5.95 Å². The summed E-state index contributed by atoms with van der Waals surface area (Å²) in [5, 5.41) is 10.3. The van der Waals surface area contributed by atoms with Gasteiger partial charge in [-0.1, -0.05) is 30.7 Å². The molecule has 0 saturated carbocycles. The fourth-order valence-corrected chi connectivity index (χ4v) is 6.36. The Morgan fingerprint density at radius 2 is 1.85 bits per heavy atom. The van der Waals surface area contributed by atoms with Gasteiger partial charge in [-0.2, -0.15) is 0 Å². The number of thiazole rings is 1. The first-order valence-corrected chi connectivity index (χ1v) is 13.9. The number of anilines is 2. The fraction of sp³-hybridized carbons (Fsp3) is 0.357. The molecular weight excluding hydrogens is 514 g/mol. The number of hydrogen-bond acceptors (Lipinski definition) is 8. The molecule has 0 unspecified atom stereocenters. The molecule has 2 amide bonds. The molecule has 1 aliphatic heterocycles. The van der Waals surface area contributed by atoms with Crippen molar-refractivity contribution in [1.29, 1.82) is 0 Å². The summed E-state index contributed by atoms with van der Waals surface area (Å²) >= 11 is 1.40. The number of amides is 2. The molecule has 10 nitrogen and oxygen atoms in total. The van der Waals surface area contributed by atoms with Crippen molar-refractivity contribution in [2.75, 3.05) is 29.4 Å². The number of urea groups is 1. The summed E-state index contributed by atoms with van der Waals surface area (Å²) in [6, 6.07) is 9.19. The summed E-state index contributed by atoms with van der Waals surface area (Å²) in [7, 11) is 0. The maximum absolute atomic E-state index is 12.0. The Labute approximate surface area is 230 Å². The van der Waals surface area contributed by atoms with Gasteiger partial charge in [-0.15, -0.1) is 0 Å². The number of rotatable bonds is 8. The van der Waals surface area contributed by atoms with Gasteiger partial charge in [-0.3, -0.25) is 14.7 Å². The zero-order valence-electron chi connectivity index (χ0n) is 22.0. The standard InChI is InChI=1S/C28H31N7O3S/c1-3-8-28(24(36)37)9-12-34(13-10-28)26-31-16-19(17-32-26)18-14-20(21-7-5-6-11-30-21)23-22(15-18)33-27(39-23)35(4-2)25(29)38/h5-7,11,14-17H,3-4,8-10,12-13H2,1-2H3,(H2,29,38)(H,36,37). The first-order chi connectivity index (χ1) is 18.8. The first-order valence-electron chi connectivity index (χ1n) is 13.1. The summed E-state index contributed by atoms with van der Waals surface area (Å²) in [5.41, 5.74) is 9.04. The van der Waals surface area contributed by atoms with Crippen LogP contribution in [-0.4, -0.2) is 56.7 Å². The lowest BCUT2D eigenvalue weighted by atomic mass is 9.75. The molecule has 0 spiro atoms. The van der Waals surface area contributed by atoms with E-state index >= 15 is 0 Å². The van der Waals surface area contributed by atoms with Crippen LogP contribution in [0.25, 0.3) is 32.6 Å². The third-order valence-corrected chi connectivity index (χ3v) is 8.52. The number of nitrogens with zero attached hydrogens (tertiary/aromatic N) is 6. The van der Waals surface area contributed by atoms with E-state index in [1.165, 1.54) is 16.2 Å². The molecule has 1 aliphatic rings. The molecule has 0 atom stereocenters. The number of carbonyl (C=O) groups excluding carboxylic acids is 1. The van der Waals surface area contributed by atoms with Crippen LogP contribution in [0.2, 0.25) is 0 Å². The largest absolute Gasteiger partial charge is 0.481 e. The van der Waals surface area contributed by atoms with Gasteiger partial charge in [0.15, 0.2) is 5.13 Å². The zero-order valence-corrected chi connectivity index (χ0v) is 22.8. The molecule has 11 heteroatoms. The highest BCUT2D eigenvalue weighted by molar-refractivity contribution is 7.23. The first kappa shape index (κ1) is 26.5. The summed E-state index contributed by atoms with van der Waals surface area (Å²) in [6.07, 6.45) is 8.01. The number of piperidine rings is 1. The quantitative estimate of drug-likeness (QED) is 0.308. The van der Waals surface area contributed by atoms with Gasteiger partial charge in [-0.05, 0) is 56.0 Å². The molecule has 39 heavy (non-hydrogen) atoms. The minimum absolute atomic E-state index is 0.415. The minimum atomic E-state index is -0.706. The predicted molar refractivity (Wildman–Crippen MR) is 153 cm³/mol. The van der Waals surface area contributed by atoms with Gasteiger partial charge >= 0.3 is 12.0 Å². The summed E-state index contributed by atoms with van der Waals surface area (Å²) in [6.45, 7) is 5.51. The number of pyridine rings is 1. The lowest BCUT2D eigenvalue weighted by molar-refractivity contribution is -0.150. The summed E-state index contributed by atoms with van der Waals surface area (Å²) in [4.78, 5) is 46.0. The normalized spacial score (nSPS) is 14.9. The average Bonchev–Trinajstić information content (AvgIpc) is 3.37. The number of benzene rings is 1. The topological polar surface area (TPSA) is 138 Å². The number of nitrogens with two attached hydrogens (primary N) is 1. The molecule has 5 rings (SSSR count). The molecule has 1 fully saturated rings. The number of aromatic nitrogens is 4. The fourth-order valence-electron chi connectivity index (χ4n) is 5.22. The highest BCUT2D eigenvalue weighted by Gasteiger charge is 2.41. The van der Waals surface area contributed by atoms with Crippen LogP contribution in [0.5, 0.6) is 0 Å². The van der Waals surface area contributed by atoms with E-state index in [-0.39, 0.29) is 0 Å². The zero-order chi connectivity index (χ0) is 27.6. The molecule has 4 heterocycles. The number of carboxylic acids is 1. The second kappa shape index (κ2) is 10.9. The Bertz CT molecular complexity index is 1480. The molecule has 0 bridgehead atoms. The van der Waals surface area contributed by atoms with E-state index in [0.29, 0.717) is 50.0 Å². The highest BCUT2D eigenvalue weighted by atomic mass is 32.1. The van der Waals surface area contributed by atoms with E-state index in [1.807, 2.05) is 44.2 Å². The second-order valence-electron chi connectivity index (χ2n) is 9.76. The summed E-state index contributed by atoms with van der Waals surface area (Å²) < 4.78 is 0.909. The third kappa shape index (κ3) is 5.14. The Hall–Kier alpha value is -4.12. The van der Waals surface area contributed by atoms with Crippen molar-refractivity contribution in [2.24, 2.45) is 11.1 Å². The van der Waals surface area contributed by atoms with Crippen molar-refractivity contribution in [3.05, 3.63) is 48.9 Å². The van der Waals surface area contributed by atoms with Gasteiger partial charge in [0.1, 0.15) is 0 Å². The lowest BCUT2D eigenvalue weighted by Gasteiger charge is -2.38. The number of aliphatic carboxylic acids is 1. The van der Waals surface area contributed by atoms with Gasteiger partial charge in [0.25, 0.3) is 0 Å². The van der Waals surface area contributed by atoms with E-state index in [4.69, 9.17) is 10.7 Å². The van der Waals surface area contributed by atoms with Crippen LogP contribution in [0.3, 0.4) is 0 Å². The van der Waals surface area contributed by atoms with Crippen LogP contribution in [0.1, 0.15) is 39.5 Å². The molecule has 0 aliphatic carbocycles. The van der Waals surface area contributed by atoms with Crippen LogP contribution in [0.15, 0.2) is 48.9 Å². The average molecular weight is 546 g/mol. The van der Waals surface area contributed by atoms with E-state index in [9.17, 15) is 14.7 Å². The van der Waals surface area contributed by atoms with Gasteiger partial charge < -0.3 is 15.7 Å². The Morgan fingerprint density at radius 1 is 1.10 bits per heavy atom. The van der Waals surface area contributed by atoms with E-state index < -0.39 is 17.4 Å². The number of fused-ring (bicyclic) bond motifs is 1. The number of hydrogen-bond donors (Lipinski definition) is 2. The number of primary amides is 1. The van der Waals surface area contributed by atoms with Crippen molar-refractivity contribution in [3.63, 3.8) is 0 Å². The number of carbonyl (C=O) groups is 2. The molecular formula is C28H31N7O3S. The molecule has 4 aromatic rings.